The molecule has 0 saturated carbocycles. The third-order valence-electron chi connectivity index (χ3n) is 3.33. The topological polar surface area (TPSA) is 98.5 Å². The summed E-state index contributed by atoms with van der Waals surface area (Å²) in [4.78, 5) is 10.3. The third-order valence-corrected chi connectivity index (χ3v) is 5.11. The first-order valence-corrected chi connectivity index (χ1v) is 10.0. The average Bonchev–Trinajstić information content (AvgIpc) is 2.53. The molecule has 0 bridgehead atoms. The molecule has 1 atom stereocenters. The minimum Gasteiger partial charge on any atom is -0.488 e. The number of benzene rings is 2. The Morgan fingerprint density at radius 1 is 1.24 bits per heavy atom. The van der Waals surface area contributed by atoms with Gasteiger partial charge >= 0.3 is 5.69 Å². The lowest BCUT2D eigenvalue weighted by Crippen LogP contribution is -2.23. The first-order chi connectivity index (χ1) is 11.7. The zero-order valence-electron chi connectivity index (χ0n) is 13.6. The molecule has 2 rings (SSSR count). The molecule has 0 aliphatic carbocycles. The number of nitrogens with zero attached hydrogens (tertiary/aromatic N) is 1. The van der Waals surface area contributed by atoms with Gasteiger partial charge in [-0.05, 0) is 47.1 Å². The number of anilines is 1. The van der Waals surface area contributed by atoms with Gasteiger partial charge in [-0.15, -0.1) is 0 Å². The van der Waals surface area contributed by atoms with Crippen molar-refractivity contribution in [2.45, 2.75) is 17.9 Å². The molecule has 25 heavy (non-hydrogen) atoms. The first-order valence-electron chi connectivity index (χ1n) is 7.32. The molecule has 0 saturated heterocycles. The van der Waals surface area contributed by atoms with Gasteiger partial charge < -0.3 is 10.1 Å². The Bertz CT molecular complexity index is 886. The highest BCUT2D eigenvalue weighted by molar-refractivity contribution is 9.10. The quantitative estimate of drug-likeness (QED) is 0.533. The second-order valence-electron chi connectivity index (χ2n) is 5.42. The van der Waals surface area contributed by atoms with Crippen LogP contribution < -0.4 is 10.1 Å². The molecule has 0 heterocycles. The van der Waals surface area contributed by atoms with E-state index in [0.717, 1.165) is 10.7 Å². The van der Waals surface area contributed by atoms with Crippen molar-refractivity contribution in [3.63, 3.8) is 0 Å². The lowest BCUT2D eigenvalue weighted by molar-refractivity contribution is -0.386. The SMILES string of the molecule is CC(CNc1cccc(S(C)(=O)=O)c1[N+](=O)[O-])Oc1ccccc1Br. The van der Waals surface area contributed by atoms with Crippen LogP contribution in [0.1, 0.15) is 6.92 Å². The van der Waals surface area contributed by atoms with E-state index in [2.05, 4.69) is 21.2 Å². The van der Waals surface area contributed by atoms with Crippen LogP contribution in [0, 0.1) is 10.1 Å². The number of nitro benzene ring substituents is 1. The summed E-state index contributed by atoms with van der Waals surface area (Å²) in [5.74, 6) is 0.649. The van der Waals surface area contributed by atoms with Gasteiger partial charge in [-0.3, -0.25) is 10.1 Å². The summed E-state index contributed by atoms with van der Waals surface area (Å²) in [7, 11) is -3.71. The van der Waals surface area contributed by atoms with Crippen LogP contribution in [0.3, 0.4) is 0 Å². The summed E-state index contributed by atoms with van der Waals surface area (Å²) in [6.45, 7) is 2.06. The smallest absolute Gasteiger partial charge is 0.310 e. The molecule has 134 valence electrons. The Labute approximate surface area is 154 Å². The molecule has 0 fully saturated rings. The molecule has 1 unspecified atom stereocenters. The fourth-order valence-corrected chi connectivity index (χ4v) is 3.44. The molecule has 0 aliphatic rings. The van der Waals surface area contributed by atoms with Crippen LogP contribution in [-0.4, -0.2) is 32.2 Å². The number of nitrogens with one attached hydrogen (secondary N) is 1. The highest BCUT2D eigenvalue weighted by atomic mass is 79.9. The van der Waals surface area contributed by atoms with Crippen LogP contribution in [0.2, 0.25) is 0 Å². The van der Waals surface area contributed by atoms with E-state index in [0.29, 0.717) is 5.75 Å². The summed E-state index contributed by atoms with van der Waals surface area (Å²) >= 11 is 3.38. The predicted molar refractivity (Wildman–Crippen MR) is 98.9 cm³/mol. The predicted octanol–water partition coefficient (Wildman–Crippen LogP) is 3.64. The van der Waals surface area contributed by atoms with Gasteiger partial charge in [-0.2, -0.15) is 0 Å². The molecular weight excluding hydrogens is 412 g/mol. The molecule has 0 amide bonds. The van der Waals surface area contributed by atoms with Crippen molar-refractivity contribution >= 4 is 37.1 Å². The van der Waals surface area contributed by atoms with Gasteiger partial charge in [0.2, 0.25) is 0 Å². The van der Waals surface area contributed by atoms with Crippen molar-refractivity contribution in [2.24, 2.45) is 0 Å². The zero-order chi connectivity index (χ0) is 18.6. The Kier molecular flexibility index (Phi) is 6.02. The summed E-state index contributed by atoms with van der Waals surface area (Å²) in [6, 6.07) is 11.5. The standard InChI is InChI=1S/C16H17BrN2O5S/c1-11(24-14-8-4-3-6-12(14)17)10-18-13-7-5-9-15(25(2,22)23)16(13)19(20)21/h3-9,11,18H,10H2,1-2H3. The number of sulfone groups is 1. The minimum absolute atomic E-state index is 0.135. The Morgan fingerprint density at radius 2 is 1.92 bits per heavy atom. The van der Waals surface area contributed by atoms with E-state index in [1.807, 2.05) is 18.2 Å². The molecule has 7 nitrogen and oxygen atoms in total. The van der Waals surface area contributed by atoms with Gasteiger partial charge in [0.15, 0.2) is 9.84 Å². The molecule has 0 aliphatic heterocycles. The van der Waals surface area contributed by atoms with Crippen molar-refractivity contribution in [1.82, 2.24) is 0 Å². The van der Waals surface area contributed by atoms with Crippen molar-refractivity contribution in [3.8, 4) is 5.75 Å². The van der Waals surface area contributed by atoms with E-state index in [-0.39, 0.29) is 23.2 Å². The normalized spacial score (nSPS) is 12.4. The maximum absolute atomic E-state index is 11.8. The number of para-hydroxylation sites is 2. The van der Waals surface area contributed by atoms with E-state index >= 15 is 0 Å². The number of hydrogen-bond acceptors (Lipinski definition) is 6. The zero-order valence-corrected chi connectivity index (χ0v) is 16.0. The Balaban J connectivity index is 2.18. The summed E-state index contributed by atoms with van der Waals surface area (Å²) in [5, 5.41) is 14.2. The third kappa shape index (κ3) is 4.93. The fourth-order valence-electron chi connectivity index (χ4n) is 2.20. The molecule has 0 spiro atoms. The van der Waals surface area contributed by atoms with E-state index in [1.165, 1.54) is 18.2 Å². The first kappa shape index (κ1) is 19.2. The highest BCUT2D eigenvalue weighted by Gasteiger charge is 2.26. The summed E-state index contributed by atoms with van der Waals surface area (Å²) in [6.07, 6.45) is 0.637. The fraction of sp³-hybridized carbons (Fsp3) is 0.250. The molecule has 2 aromatic carbocycles. The van der Waals surface area contributed by atoms with E-state index in [4.69, 9.17) is 4.74 Å². The van der Waals surface area contributed by atoms with Crippen LogP contribution in [-0.2, 0) is 9.84 Å². The van der Waals surface area contributed by atoms with Crippen molar-refractivity contribution in [3.05, 3.63) is 57.1 Å². The maximum Gasteiger partial charge on any atom is 0.310 e. The number of nitro groups is 1. The largest absolute Gasteiger partial charge is 0.488 e. The highest BCUT2D eigenvalue weighted by Crippen LogP contribution is 2.32. The number of ether oxygens (including phenoxy) is 1. The Morgan fingerprint density at radius 3 is 2.52 bits per heavy atom. The Hall–Kier alpha value is -2.13. The van der Waals surface area contributed by atoms with E-state index < -0.39 is 20.4 Å². The van der Waals surface area contributed by atoms with E-state index in [9.17, 15) is 18.5 Å². The lowest BCUT2D eigenvalue weighted by atomic mass is 10.2. The van der Waals surface area contributed by atoms with Gasteiger partial charge in [0.25, 0.3) is 0 Å². The van der Waals surface area contributed by atoms with Crippen molar-refractivity contribution < 1.29 is 18.1 Å². The van der Waals surface area contributed by atoms with Crippen molar-refractivity contribution in [1.29, 1.82) is 0 Å². The average molecular weight is 429 g/mol. The van der Waals surface area contributed by atoms with Gasteiger partial charge in [-0.25, -0.2) is 8.42 Å². The van der Waals surface area contributed by atoms with E-state index in [1.54, 1.807) is 13.0 Å². The van der Waals surface area contributed by atoms with Gasteiger partial charge in [0.1, 0.15) is 22.4 Å². The van der Waals surface area contributed by atoms with Crippen LogP contribution in [0.15, 0.2) is 51.8 Å². The second-order valence-corrected chi connectivity index (χ2v) is 8.26. The molecule has 2 aromatic rings. The number of rotatable bonds is 7. The molecule has 9 heteroatoms. The maximum atomic E-state index is 11.8. The van der Waals surface area contributed by atoms with Gasteiger partial charge in [-0.1, -0.05) is 18.2 Å². The van der Waals surface area contributed by atoms with Crippen LogP contribution >= 0.6 is 15.9 Å². The van der Waals surface area contributed by atoms with Crippen LogP contribution in [0.25, 0.3) is 0 Å². The van der Waals surface area contributed by atoms with Crippen LogP contribution in [0.4, 0.5) is 11.4 Å². The lowest BCUT2D eigenvalue weighted by Gasteiger charge is -2.17. The monoisotopic (exact) mass is 428 g/mol. The minimum atomic E-state index is -3.71. The number of halogens is 1. The van der Waals surface area contributed by atoms with Gasteiger partial charge in [0.05, 0.1) is 15.9 Å². The molecule has 0 aromatic heterocycles. The number of hydrogen-bond donors (Lipinski definition) is 1. The summed E-state index contributed by atoms with van der Waals surface area (Å²) in [5.41, 5.74) is -0.325. The van der Waals surface area contributed by atoms with Crippen molar-refractivity contribution in [2.75, 3.05) is 18.1 Å². The van der Waals surface area contributed by atoms with Gasteiger partial charge in [0, 0.05) is 6.26 Å². The molecular formula is C16H17BrN2O5S. The van der Waals surface area contributed by atoms with Crippen LogP contribution in [0.5, 0.6) is 5.75 Å². The molecule has 0 radical (unpaired) electrons. The second kappa shape index (κ2) is 7.83. The summed E-state index contributed by atoms with van der Waals surface area (Å²) < 4.78 is 30.1. The molecule has 1 N–H and O–H groups in total.